The van der Waals surface area contributed by atoms with Crippen LogP contribution in [0.3, 0.4) is 0 Å². The minimum absolute atomic E-state index is 0.0917. The Morgan fingerprint density at radius 1 is 1.02 bits per heavy atom. The summed E-state index contributed by atoms with van der Waals surface area (Å²) in [5.74, 6) is 0.160. The second-order valence-corrected chi connectivity index (χ2v) is 13.3. The Hall–Kier alpha value is -4.08. The highest BCUT2D eigenvalue weighted by Crippen LogP contribution is 2.41. The molecule has 0 aliphatic carbocycles. The van der Waals surface area contributed by atoms with Crippen LogP contribution in [-0.2, 0) is 27.9 Å². The van der Waals surface area contributed by atoms with Crippen molar-refractivity contribution >= 4 is 28.9 Å². The van der Waals surface area contributed by atoms with Gasteiger partial charge in [-0.25, -0.2) is 9.59 Å². The van der Waals surface area contributed by atoms with Crippen molar-refractivity contribution in [3.05, 3.63) is 64.1 Å². The van der Waals surface area contributed by atoms with Gasteiger partial charge in [-0.15, -0.1) is 0 Å². The molecule has 2 aliphatic rings. The maximum Gasteiger partial charge on any atom is 0.410 e. The van der Waals surface area contributed by atoms with Gasteiger partial charge in [0.05, 0.1) is 24.7 Å². The molecule has 5 rings (SSSR count). The van der Waals surface area contributed by atoms with Gasteiger partial charge in [0, 0.05) is 25.6 Å². The number of fused-ring (bicyclic) bond motifs is 1. The number of hydrogen-bond donors (Lipinski definition) is 0. The average molecular weight is 591 g/mol. The summed E-state index contributed by atoms with van der Waals surface area (Å²) in [4.78, 5) is 56.5. The van der Waals surface area contributed by atoms with Gasteiger partial charge in [-0.05, 0) is 89.1 Å². The Kier molecular flexibility index (Phi) is 7.92. The van der Waals surface area contributed by atoms with E-state index in [1.165, 1.54) is 4.90 Å². The van der Waals surface area contributed by atoms with Crippen LogP contribution < -0.4 is 10.4 Å². The highest BCUT2D eigenvalue weighted by atomic mass is 16.6. The molecule has 2 atom stereocenters. The number of imidazole rings is 1. The topological polar surface area (TPSA) is 103 Å². The standard InChI is InChI=1S/C33H42N4O6/c1-32(2,3)43-31(41)36-18-17-22(19-33(36,4)5)24-9-8-10-25-28(24)34(6)30(40)37(25)26-15-16-27(38)35(29(26)39)20-21-11-13-23(42-7)14-12-21/h8-14,22,26H,15-20H2,1-7H3/t22-,26?/m0/s1. The van der Waals surface area contributed by atoms with Crippen molar-refractivity contribution in [1.82, 2.24) is 18.9 Å². The summed E-state index contributed by atoms with van der Waals surface area (Å²) < 4.78 is 14.1. The summed E-state index contributed by atoms with van der Waals surface area (Å²) in [6.45, 7) is 10.3. The van der Waals surface area contributed by atoms with E-state index in [4.69, 9.17) is 9.47 Å². The largest absolute Gasteiger partial charge is 0.497 e. The molecule has 0 saturated carbocycles. The number of para-hydroxylation sites is 1. The predicted molar refractivity (Wildman–Crippen MR) is 163 cm³/mol. The molecule has 10 heteroatoms. The van der Waals surface area contributed by atoms with Gasteiger partial charge in [0.25, 0.3) is 5.91 Å². The van der Waals surface area contributed by atoms with Crippen LogP contribution in [0.5, 0.6) is 5.75 Å². The lowest BCUT2D eigenvalue weighted by Crippen LogP contribution is -2.53. The zero-order valence-electron chi connectivity index (χ0n) is 26.2. The molecule has 230 valence electrons. The molecule has 0 spiro atoms. The number of carbonyl (C=O) groups is 3. The molecular formula is C33H42N4O6. The Morgan fingerprint density at radius 2 is 1.72 bits per heavy atom. The Morgan fingerprint density at radius 3 is 2.35 bits per heavy atom. The van der Waals surface area contributed by atoms with Crippen LogP contribution in [0.15, 0.2) is 47.3 Å². The lowest BCUT2D eigenvalue weighted by molar-refractivity contribution is -0.151. The quantitative estimate of drug-likeness (QED) is 0.382. The third kappa shape index (κ3) is 5.79. The number of piperidine rings is 2. The van der Waals surface area contributed by atoms with Crippen molar-refractivity contribution < 1.29 is 23.9 Å². The number of benzene rings is 2. The maximum atomic E-state index is 13.8. The molecule has 43 heavy (non-hydrogen) atoms. The molecule has 2 aliphatic heterocycles. The molecule has 0 N–H and O–H groups in total. The van der Waals surface area contributed by atoms with Crippen LogP contribution in [0.2, 0.25) is 0 Å². The number of nitrogens with zero attached hydrogens (tertiary/aromatic N) is 4. The number of carbonyl (C=O) groups excluding carboxylic acids is 3. The van der Waals surface area contributed by atoms with Gasteiger partial charge in [-0.3, -0.25) is 23.6 Å². The van der Waals surface area contributed by atoms with Gasteiger partial charge in [0.2, 0.25) is 5.91 Å². The van der Waals surface area contributed by atoms with Crippen molar-refractivity contribution in [2.45, 2.75) is 89.9 Å². The van der Waals surface area contributed by atoms with E-state index in [0.717, 1.165) is 16.6 Å². The molecular weight excluding hydrogens is 548 g/mol. The van der Waals surface area contributed by atoms with E-state index in [0.29, 0.717) is 30.7 Å². The van der Waals surface area contributed by atoms with Crippen LogP contribution in [0.25, 0.3) is 11.0 Å². The SMILES string of the molecule is COc1ccc(CN2C(=O)CCC(n3c(=O)n(C)c4c([C@H]5CCN(C(=O)OC(C)(C)C)C(C)(C)C5)cccc43)C2=O)cc1. The fourth-order valence-electron chi connectivity index (χ4n) is 6.56. The first-order valence-electron chi connectivity index (χ1n) is 14.9. The zero-order valence-corrected chi connectivity index (χ0v) is 26.2. The highest BCUT2D eigenvalue weighted by molar-refractivity contribution is 6.00. The molecule has 0 radical (unpaired) electrons. The van der Waals surface area contributed by atoms with Gasteiger partial charge in [0.1, 0.15) is 17.4 Å². The minimum Gasteiger partial charge on any atom is -0.497 e. The molecule has 3 aromatic rings. The average Bonchev–Trinajstić information content (AvgIpc) is 3.19. The molecule has 3 amide bonds. The number of aryl methyl sites for hydroxylation is 1. The van der Waals surface area contributed by atoms with Crippen molar-refractivity contribution in [3.8, 4) is 5.75 Å². The highest BCUT2D eigenvalue weighted by Gasteiger charge is 2.42. The number of likely N-dealkylation sites (tertiary alicyclic amines) is 2. The molecule has 1 unspecified atom stereocenters. The molecule has 3 heterocycles. The molecule has 1 aromatic heterocycles. The maximum absolute atomic E-state index is 13.8. The van der Waals surface area contributed by atoms with E-state index >= 15 is 0 Å². The molecule has 10 nitrogen and oxygen atoms in total. The van der Waals surface area contributed by atoms with E-state index in [9.17, 15) is 19.2 Å². The Bertz CT molecular complexity index is 1610. The van der Waals surface area contributed by atoms with Gasteiger partial charge in [0.15, 0.2) is 0 Å². The van der Waals surface area contributed by atoms with Crippen LogP contribution >= 0.6 is 0 Å². The number of imide groups is 1. The first-order chi connectivity index (χ1) is 20.2. The normalized spacial score (nSPS) is 20.9. The Balaban J connectivity index is 1.45. The van der Waals surface area contributed by atoms with Crippen molar-refractivity contribution in [2.24, 2.45) is 7.05 Å². The fourth-order valence-corrected chi connectivity index (χ4v) is 6.56. The van der Waals surface area contributed by atoms with Crippen molar-refractivity contribution in [3.63, 3.8) is 0 Å². The molecule has 0 bridgehead atoms. The van der Waals surface area contributed by atoms with Crippen LogP contribution in [0.1, 0.15) is 83.4 Å². The summed E-state index contributed by atoms with van der Waals surface area (Å²) >= 11 is 0. The number of rotatable bonds is 5. The summed E-state index contributed by atoms with van der Waals surface area (Å²) in [7, 11) is 3.32. The monoisotopic (exact) mass is 590 g/mol. The number of aromatic nitrogens is 2. The van der Waals surface area contributed by atoms with Gasteiger partial charge >= 0.3 is 11.8 Å². The second kappa shape index (κ2) is 11.2. The summed E-state index contributed by atoms with van der Waals surface area (Å²) in [6.07, 6.45) is 1.52. The lowest BCUT2D eigenvalue weighted by atomic mass is 9.79. The number of hydrogen-bond acceptors (Lipinski definition) is 6. The predicted octanol–water partition coefficient (Wildman–Crippen LogP) is 5.13. The number of methoxy groups -OCH3 is 1. The number of ether oxygens (including phenoxy) is 2. The fraction of sp³-hybridized carbons (Fsp3) is 0.515. The van der Waals surface area contributed by atoms with E-state index in [-0.39, 0.29) is 48.9 Å². The van der Waals surface area contributed by atoms with Gasteiger partial charge < -0.3 is 14.4 Å². The van der Waals surface area contributed by atoms with Gasteiger partial charge in [-0.2, -0.15) is 0 Å². The Labute approximate surface area is 252 Å². The minimum atomic E-state index is -0.784. The van der Waals surface area contributed by atoms with E-state index < -0.39 is 17.2 Å². The summed E-state index contributed by atoms with van der Waals surface area (Å²) in [5.41, 5.74) is 1.95. The number of amides is 3. The van der Waals surface area contributed by atoms with E-state index in [1.807, 2.05) is 65.0 Å². The smallest absolute Gasteiger partial charge is 0.410 e. The third-order valence-electron chi connectivity index (χ3n) is 8.66. The van der Waals surface area contributed by atoms with E-state index in [2.05, 4.69) is 0 Å². The van der Waals surface area contributed by atoms with Crippen molar-refractivity contribution in [2.75, 3.05) is 13.7 Å². The third-order valence-corrected chi connectivity index (χ3v) is 8.66. The zero-order chi connectivity index (χ0) is 31.3. The van der Waals surface area contributed by atoms with Crippen LogP contribution in [0, 0.1) is 0 Å². The first-order valence-corrected chi connectivity index (χ1v) is 14.9. The molecule has 2 fully saturated rings. The van der Waals surface area contributed by atoms with E-state index in [1.54, 1.807) is 40.3 Å². The lowest BCUT2D eigenvalue weighted by Gasteiger charge is -2.45. The summed E-state index contributed by atoms with van der Waals surface area (Å²) in [6, 6.07) is 12.3. The first kappa shape index (κ1) is 30.4. The summed E-state index contributed by atoms with van der Waals surface area (Å²) in [5, 5.41) is 0. The van der Waals surface area contributed by atoms with Crippen molar-refractivity contribution in [1.29, 1.82) is 0 Å². The van der Waals surface area contributed by atoms with Crippen LogP contribution in [0.4, 0.5) is 4.79 Å². The molecule has 2 saturated heterocycles. The van der Waals surface area contributed by atoms with Crippen LogP contribution in [-0.4, -0.2) is 61.6 Å². The van der Waals surface area contributed by atoms with Gasteiger partial charge in [-0.1, -0.05) is 24.3 Å². The second-order valence-electron chi connectivity index (χ2n) is 13.3. The molecule has 2 aromatic carbocycles.